The highest BCUT2D eigenvalue weighted by Gasteiger charge is 2.29. The summed E-state index contributed by atoms with van der Waals surface area (Å²) >= 11 is 0. The molecule has 4 nitrogen and oxygen atoms in total. The molecule has 1 N–H and O–H groups in total. The molecule has 0 amide bonds. The van der Waals surface area contributed by atoms with E-state index in [-0.39, 0.29) is 6.04 Å². The molecule has 106 valence electrons. The first-order chi connectivity index (χ1) is 8.99. The summed E-state index contributed by atoms with van der Waals surface area (Å²) in [5.74, 6) is 1.24. The summed E-state index contributed by atoms with van der Waals surface area (Å²) in [6, 6.07) is 4.84. The van der Waals surface area contributed by atoms with Gasteiger partial charge in [-0.3, -0.25) is 4.84 Å². The van der Waals surface area contributed by atoms with Crippen molar-refractivity contribution in [1.29, 1.82) is 0 Å². The normalized spacial score (nSPS) is 18.6. The van der Waals surface area contributed by atoms with Gasteiger partial charge in [0.05, 0.1) is 19.8 Å². The van der Waals surface area contributed by atoms with Crippen LogP contribution in [-0.2, 0) is 4.84 Å². The Morgan fingerprint density at radius 2 is 2.21 bits per heavy atom. The molecule has 1 aromatic carbocycles. The van der Waals surface area contributed by atoms with Crippen molar-refractivity contribution in [3.05, 3.63) is 23.8 Å². The minimum atomic E-state index is -4.35. The molecule has 0 saturated heterocycles. The third kappa shape index (κ3) is 3.74. The van der Waals surface area contributed by atoms with Gasteiger partial charge in [0.15, 0.2) is 6.61 Å². The number of nitrogens with one attached hydrogen (secondary N) is 1. The van der Waals surface area contributed by atoms with E-state index in [2.05, 4.69) is 10.3 Å². The first-order valence-corrected chi connectivity index (χ1v) is 5.74. The SMILES string of the molecule is COc1ccc2c(c1)C(NOCC(F)(F)F)CCO2. The molecule has 0 aliphatic carbocycles. The zero-order valence-corrected chi connectivity index (χ0v) is 10.3. The molecule has 1 atom stereocenters. The van der Waals surface area contributed by atoms with Crippen molar-refractivity contribution in [3.8, 4) is 11.5 Å². The predicted octanol–water partition coefficient (Wildman–Crippen LogP) is 2.60. The summed E-state index contributed by atoms with van der Waals surface area (Å²) in [4.78, 5) is 4.50. The number of hydroxylamine groups is 1. The zero-order valence-electron chi connectivity index (χ0n) is 10.3. The highest BCUT2D eigenvalue weighted by molar-refractivity contribution is 5.43. The Balaban J connectivity index is 2.04. The minimum absolute atomic E-state index is 0.346. The number of halogens is 3. The van der Waals surface area contributed by atoms with E-state index in [0.717, 1.165) is 5.56 Å². The number of alkyl halides is 3. The van der Waals surface area contributed by atoms with Crippen molar-refractivity contribution < 1.29 is 27.5 Å². The van der Waals surface area contributed by atoms with Crippen LogP contribution in [0.3, 0.4) is 0 Å². The number of hydrogen-bond donors (Lipinski definition) is 1. The van der Waals surface area contributed by atoms with Crippen LogP contribution in [-0.4, -0.2) is 26.5 Å². The average molecular weight is 277 g/mol. The van der Waals surface area contributed by atoms with E-state index in [1.807, 2.05) is 0 Å². The van der Waals surface area contributed by atoms with Crippen LogP contribution in [0, 0.1) is 0 Å². The van der Waals surface area contributed by atoms with E-state index in [9.17, 15) is 13.2 Å². The van der Waals surface area contributed by atoms with E-state index in [1.165, 1.54) is 7.11 Å². The molecule has 0 radical (unpaired) electrons. The fraction of sp³-hybridized carbons (Fsp3) is 0.500. The van der Waals surface area contributed by atoms with Crippen LogP contribution in [0.1, 0.15) is 18.0 Å². The Morgan fingerprint density at radius 1 is 1.42 bits per heavy atom. The predicted molar refractivity (Wildman–Crippen MR) is 61.0 cm³/mol. The molecule has 0 bridgehead atoms. The van der Waals surface area contributed by atoms with Crippen LogP contribution in [0.15, 0.2) is 18.2 Å². The second-order valence-electron chi connectivity index (χ2n) is 4.12. The Morgan fingerprint density at radius 3 is 2.89 bits per heavy atom. The van der Waals surface area contributed by atoms with Crippen LogP contribution in [0.5, 0.6) is 11.5 Å². The summed E-state index contributed by atoms with van der Waals surface area (Å²) in [6.45, 7) is -0.907. The van der Waals surface area contributed by atoms with E-state index >= 15 is 0 Å². The van der Waals surface area contributed by atoms with Crippen LogP contribution in [0.4, 0.5) is 13.2 Å². The minimum Gasteiger partial charge on any atom is -0.497 e. The quantitative estimate of drug-likeness (QED) is 0.859. The number of fused-ring (bicyclic) bond motifs is 1. The lowest BCUT2D eigenvalue weighted by molar-refractivity contribution is -0.194. The maximum absolute atomic E-state index is 12.0. The summed E-state index contributed by atoms with van der Waals surface area (Å²) in [5, 5.41) is 0. The molecule has 2 rings (SSSR count). The van der Waals surface area contributed by atoms with Crippen molar-refractivity contribution in [2.45, 2.75) is 18.6 Å². The Labute approximate surface area is 108 Å². The monoisotopic (exact) mass is 277 g/mol. The number of benzene rings is 1. The number of rotatable bonds is 4. The number of hydrogen-bond acceptors (Lipinski definition) is 4. The molecular formula is C12H14F3NO3. The summed E-state index contributed by atoms with van der Waals surface area (Å²) in [7, 11) is 1.52. The van der Waals surface area contributed by atoms with Gasteiger partial charge in [-0.2, -0.15) is 18.7 Å². The fourth-order valence-corrected chi connectivity index (χ4v) is 1.85. The molecule has 0 fully saturated rings. The standard InChI is InChI=1S/C12H14F3NO3/c1-17-8-2-3-11-9(6-8)10(4-5-18-11)16-19-7-12(13,14)15/h2-3,6,10,16H,4-5,7H2,1H3. The maximum atomic E-state index is 12.0. The zero-order chi connectivity index (χ0) is 13.9. The molecule has 19 heavy (non-hydrogen) atoms. The number of ether oxygens (including phenoxy) is 2. The fourth-order valence-electron chi connectivity index (χ4n) is 1.85. The first kappa shape index (κ1) is 14.0. The highest BCUT2D eigenvalue weighted by Crippen LogP contribution is 2.34. The van der Waals surface area contributed by atoms with Gasteiger partial charge in [0.1, 0.15) is 11.5 Å². The summed E-state index contributed by atoms with van der Waals surface area (Å²) in [5.41, 5.74) is 3.16. The molecule has 0 aromatic heterocycles. The van der Waals surface area contributed by atoms with Crippen molar-refractivity contribution in [1.82, 2.24) is 5.48 Å². The van der Waals surface area contributed by atoms with Gasteiger partial charge in [-0.05, 0) is 18.2 Å². The van der Waals surface area contributed by atoms with Crippen molar-refractivity contribution in [3.63, 3.8) is 0 Å². The van der Waals surface area contributed by atoms with Gasteiger partial charge in [0.2, 0.25) is 0 Å². The van der Waals surface area contributed by atoms with Gasteiger partial charge >= 0.3 is 6.18 Å². The van der Waals surface area contributed by atoms with Crippen LogP contribution in [0.25, 0.3) is 0 Å². The van der Waals surface area contributed by atoms with E-state index < -0.39 is 12.8 Å². The van der Waals surface area contributed by atoms with E-state index in [4.69, 9.17) is 9.47 Å². The molecule has 1 aliphatic heterocycles. The Hall–Kier alpha value is -1.47. The highest BCUT2D eigenvalue weighted by atomic mass is 19.4. The second kappa shape index (κ2) is 5.66. The van der Waals surface area contributed by atoms with Crippen molar-refractivity contribution in [2.24, 2.45) is 0 Å². The lowest BCUT2D eigenvalue weighted by Crippen LogP contribution is -2.31. The van der Waals surface area contributed by atoms with E-state index in [0.29, 0.717) is 24.5 Å². The first-order valence-electron chi connectivity index (χ1n) is 5.74. The molecule has 0 saturated carbocycles. The topological polar surface area (TPSA) is 39.7 Å². The van der Waals surface area contributed by atoms with Gasteiger partial charge in [0, 0.05) is 12.0 Å². The summed E-state index contributed by atoms with van der Waals surface area (Å²) in [6.07, 6.45) is -3.83. The van der Waals surface area contributed by atoms with Gasteiger partial charge < -0.3 is 9.47 Å². The maximum Gasteiger partial charge on any atom is 0.413 e. The lowest BCUT2D eigenvalue weighted by atomic mass is 10.0. The van der Waals surface area contributed by atoms with Gasteiger partial charge in [0.25, 0.3) is 0 Å². The third-order valence-corrected chi connectivity index (χ3v) is 2.72. The van der Waals surface area contributed by atoms with Gasteiger partial charge in [-0.15, -0.1) is 0 Å². The van der Waals surface area contributed by atoms with Crippen LogP contribution >= 0.6 is 0 Å². The van der Waals surface area contributed by atoms with Crippen molar-refractivity contribution >= 4 is 0 Å². The third-order valence-electron chi connectivity index (χ3n) is 2.72. The molecule has 1 aliphatic rings. The van der Waals surface area contributed by atoms with Crippen molar-refractivity contribution in [2.75, 3.05) is 20.3 Å². The van der Waals surface area contributed by atoms with Crippen LogP contribution < -0.4 is 15.0 Å². The molecule has 0 spiro atoms. The molecule has 1 unspecified atom stereocenters. The molecule has 7 heteroatoms. The largest absolute Gasteiger partial charge is 0.497 e. The Kier molecular flexibility index (Phi) is 4.16. The van der Waals surface area contributed by atoms with Gasteiger partial charge in [-0.25, -0.2) is 0 Å². The van der Waals surface area contributed by atoms with Crippen LogP contribution in [0.2, 0.25) is 0 Å². The Bertz CT molecular complexity index is 437. The molecule has 1 aromatic rings. The van der Waals surface area contributed by atoms with E-state index in [1.54, 1.807) is 18.2 Å². The smallest absolute Gasteiger partial charge is 0.413 e. The number of methoxy groups -OCH3 is 1. The molecular weight excluding hydrogens is 263 g/mol. The average Bonchev–Trinajstić information content (AvgIpc) is 2.37. The van der Waals surface area contributed by atoms with Gasteiger partial charge in [-0.1, -0.05) is 0 Å². The summed E-state index contributed by atoms with van der Waals surface area (Å²) < 4.78 is 46.6. The second-order valence-corrected chi connectivity index (χ2v) is 4.12. The lowest BCUT2D eigenvalue weighted by Gasteiger charge is -2.26. The molecule has 1 heterocycles.